The molecule has 6 nitrogen and oxygen atoms in total. The van der Waals surface area contributed by atoms with E-state index in [2.05, 4.69) is 5.32 Å². The van der Waals surface area contributed by atoms with Crippen LogP contribution in [0.4, 0.5) is 4.79 Å². The first kappa shape index (κ1) is 16.7. The van der Waals surface area contributed by atoms with E-state index in [1.54, 1.807) is 55.5 Å². The van der Waals surface area contributed by atoms with Gasteiger partial charge in [0.05, 0.1) is 0 Å². The van der Waals surface area contributed by atoms with Crippen molar-refractivity contribution in [2.24, 2.45) is 0 Å². The molecule has 3 rings (SSSR count). The van der Waals surface area contributed by atoms with Crippen LogP contribution in [0.2, 0.25) is 0 Å². The Kier molecular flexibility index (Phi) is 4.52. The van der Waals surface area contributed by atoms with E-state index in [1.807, 2.05) is 12.1 Å². The number of urea groups is 1. The number of amides is 3. The molecule has 128 valence electrons. The Balaban J connectivity index is 2.03. The molecule has 1 N–H and O–H groups in total. The van der Waals surface area contributed by atoms with Crippen LogP contribution in [0.15, 0.2) is 60.7 Å². The van der Waals surface area contributed by atoms with E-state index in [0.717, 1.165) is 4.90 Å². The number of benzene rings is 2. The van der Waals surface area contributed by atoms with E-state index in [4.69, 9.17) is 4.74 Å². The van der Waals surface area contributed by atoms with Crippen LogP contribution in [-0.4, -0.2) is 29.5 Å². The van der Waals surface area contributed by atoms with Gasteiger partial charge in [-0.05, 0) is 11.1 Å². The minimum Gasteiger partial charge on any atom is -0.444 e. The quantitative estimate of drug-likeness (QED) is 0.671. The zero-order valence-corrected chi connectivity index (χ0v) is 13.8. The highest BCUT2D eigenvalue weighted by atomic mass is 16.5. The third-order valence-corrected chi connectivity index (χ3v) is 4.16. The second-order valence-electron chi connectivity index (χ2n) is 5.64. The fourth-order valence-corrected chi connectivity index (χ4v) is 2.87. The third kappa shape index (κ3) is 2.87. The fourth-order valence-electron chi connectivity index (χ4n) is 2.87. The van der Waals surface area contributed by atoms with Crippen LogP contribution < -0.4 is 5.32 Å². The van der Waals surface area contributed by atoms with E-state index in [-0.39, 0.29) is 6.42 Å². The van der Waals surface area contributed by atoms with Gasteiger partial charge in [0.2, 0.25) is 0 Å². The van der Waals surface area contributed by atoms with Crippen LogP contribution in [0.3, 0.4) is 0 Å². The summed E-state index contributed by atoms with van der Waals surface area (Å²) in [7, 11) is 0. The Labute approximate surface area is 145 Å². The van der Waals surface area contributed by atoms with Crippen molar-refractivity contribution in [3.63, 3.8) is 0 Å². The normalized spacial score (nSPS) is 15.8. The lowest BCUT2D eigenvalue weighted by molar-refractivity contribution is -0.149. The molecule has 0 unspecified atom stereocenters. The fraction of sp³-hybridized carbons (Fsp3) is 0.211. The van der Waals surface area contributed by atoms with Gasteiger partial charge in [-0.1, -0.05) is 67.6 Å². The number of carbonyl (C=O) groups is 3. The maximum atomic E-state index is 13.2. The number of rotatable bonds is 5. The van der Waals surface area contributed by atoms with Crippen molar-refractivity contribution in [1.82, 2.24) is 10.2 Å². The Hall–Kier alpha value is -3.15. The SMILES string of the molecule is CCC(=O)OCN1C(=O)NC(c2ccccc2)(c2ccccc2)C1=O. The Morgan fingerprint density at radius 3 is 2.00 bits per heavy atom. The van der Waals surface area contributed by atoms with Gasteiger partial charge in [-0.25, -0.2) is 9.69 Å². The largest absolute Gasteiger partial charge is 0.444 e. The highest BCUT2D eigenvalue weighted by Gasteiger charge is 2.53. The molecular formula is C19H18N2O4. The van der Waals surface area contributed by atoms with Crippen LogP contribution in [0.5, 0.6) is 0 Å². The second-order valence-corrected chi connectivity index (χ2v) is 5.64. The minimum absolute atomic E-state index is 0.173. The van der Waals surface area contributed by atoms with Gasteiger partial charge >= 0.3 is 12.0 Å². The average molecular weight is 338 g/mol. The Morgan fingerprint density at radius 2 is 1.52 bits per heavy atom. The van der Waals surface area contributed by atoms with Crippen LogP contribution in [-0.2, 0) is 19.9 Å². The van der Waals surface area contributed by atoms with Crippen molar-refractivity contribution in [1.29, 1.82) is 0 Å². The maximum Gasteiger partial charge on any atom is 0.328 e. The number of esters is 1. The molecule has 1 aliphatic heterocycles. The molecule has 0 saturated carbocycles. The highest BCUT2D eigenvalue weighted by Crippen LogP contribution is 2.35. The molecule has 6 heteroatoms. The van der Waals surface area contributed by atoms with E-state index >= 15 is 0 Å². The Morgan fingerprint density at radius 1 is 1.00 bits per heavy atom. The number of nitrogens with one attached hydrogen (secondary N) is 1. The zero-order valence-electron chi connectivity index (χ0n) is 13.8. The highest BCUT2D eigenvalue weighted by molar-refractivity contribution is 6.09. The molecular weight excluding hydrogens is 320 g/mol. The van der Waals surface area contributed by atoms with Crippen LogP contribution in [0, 0.1) is 0 Å². The lowest BCUT2D eigenvalue weighted by atomic mass is 9.83. The summed E-state index contributed by atoms with van der Waals surface area (Å²) in [5.41, 5.74) is -0.0502. The van der Waals surface area contributed by atoms with Crippen molar-refractivity contribution in [3.8, 4) is 0 Å². The molecule has 1 aliphatic rings. The van der Waals surface area contributed by atoms with E-state index < -0.39 is 30.2 Å². The minimum atomic E-state index is -1.34. The molecule has 2 aromatic rings. The second kappa shape index (κ2) is 6.76. The molecule has 0 radical (unpaired) electrons. The summed E-state index contributed by atoms with van der Waals surface area (Å²) in [6.07, 6.45) is 0.173. The zero-order chi connectivity index (χ0) is 17.9. The average Bonchev–Trinajstić information content (AvgIpc) is 2.92. The lowest BCUT2D eigenvalue weighted by Gasteiger charge is -2.27. The summed E-state index contributed by atoms with van der Waals surface area (Å²) in [5, 5.41) is 2.79. The van der Waals surface area contributed by atoms with Gasteiger partial charge in [0.1, 0.15) is 0 Å². The number of imide groups is 1. The third-order valence-electron chi connectivity index (χ3n) is 4.16. The predicted molar refractivity (Wildman–Crippen MR) is 90.3 cm³/mol. The summed E-state index contributed by atoms with van der Waals surface area (Å²) in [6, 6.07) is 17.4. The molecule has 3 amide bonds. The number of hydrogen-bond acceptors (Lipinski definition) is 4. The lowest BCUT2D eigenvalue weighted by Crippen LogP contribution is -2.45. The summed E-state index contributed by atoms with van der Waals surface area (Å²) in [5.74, 6) is -0.948. The van der Waals surface area contributed by atoms with Gasteiger partial charge < -0.3 is 10.1 Å². The maximum absolute atomic E-state index is 13.2. The van der Waals surface area contributed by atoms with Gasteiger partial charge in [-0.3, -0.25) is 9.59 Å². The smallest absolute Gasteiger partial charge is 0.328 e. The topological polar surface area (TPSA) is 75.7 Å². The van der Waals surface area contributed by atoms with Gasteiger partial charge in [0.15, 0.2) is 12.3 Å². The molecule has 0 aliphatic carbocycles. The van der Waals surface area contributed by atoms with Crippen molar-refractivity contribution >= 4 is 17.9 Å². The van der Waals surface area contributed by atoms with Gasteiger partial charge in [-0.15, -0.1) is 0 Å². The molecule has 1 fully saturated rings. The van der Waals surface area contributed by atoms with Crippen LogP contribution >= 0.6 is 0 Å². The number of ether oxygens (including phenoxy) is 1. The van der Waals surface area contributed by atoms with Gasteiger partial charge in [0.25, 0.3) is 5.91 Å². The summed E-state index contributed by atoms with van der Waals surface area (Å²) in [4.78, 5) is 38.0. The van der Waals surface area contributed by atoms with Gasteiger partial charge in [-0.2, -0.15) is 0 Å². The van der Waals surface area contributed by atoms with Crippen molar-refractivity contribution in [2.45, 2.75) is 18.9 Å². The first-order chi connectivity index (χ1) is 12.1. The standard InChI is InChI=1S/C19H18N2O4/c1-2-16(22)25-13-21-17(23)19(20-18(21)24,14-9-5-3-6-10-14)15-11-7-4-8-12-15/h3-12H,2,13H2,1H3,(H,20,24). The number of carbonyl (C=O) groups excluding carboxylic acids is 3. The van der Waals surface area contributed by atoms with Crippen LogP contribution in [0.25, 0.3) is 0 Å². The Bertz CT molecular complexity index is 750. The summed E-state index contributed by atoms with van der Waals surface area (Å²) < 4.78 is 4.99. The molecule has 0 spiro atoms. The molecule has 0 aromatic heterocycles. The van der Waals surface area contributed by atoms with Gasteiger partial charge in [0, 0.05) is 6.42 Å². The number of nitrogens with zero attached hydrogens (tertiary/aromatic N) is 1. The van der Waals surface area contributed by atoms with E-state index in [0.29, 0.717) is 11.1 Å². The molecule has 0 bridgehead atoms. The molecule has 25 heavy (non-hydrogen) atoms. The molecule has 1 saturated heterocycles. The van der Waals surface area contributed by atoms with Crippen molar-refractivity contribution in [2.75, 3.05) is 6.73 Å². The van der Waals surface area contributed by atoms with Crippen molar-refractivity contribution in [3.05, 3.63) is 71.8 Å². The van der Waals surface area contributed by atoms with E-state index in [9.17, 15) is 14.4 Å². The van der Waals surface area contributed by atoms with Crippen LogP contribution in [0.1, 0.15) is 24.5 Å². The summed E-state index contributed by atoms with van der Waals surface area (Å²) >= 11 is 0. The monoisotopic (exact) mass is 338 g/mol. The van der Waals surface area contributed by atoms with Crippen molar-refractivity contribution < 1.29 is 19.1 Å². The predicted octanol–water partition coefficient (Wildman–Crippen LogP) is 2.39. The molecule has 1 heterocycles. The molecule has 0 atom stereocenters. The summed E-state index contributed by atoms with van der Waals surface area (Å²) in [6.45, 7) is 1.24. The first-order valence-electron chi connectivity index (χ1n) is 8.00. The van der Waals surface area contributed by atoms with E-state index in [1.165, 1.54) is 0 Å². The first-order valence-corrected chi connectivity index (χ1v) is 8.00. The molecule has 2 aromatic carbocycles. The number of hydrogen-bond donors (Lipinski definition) is 1.